The molecule has 12 heteroatoms. The molecule has 0 aliphatic carbocycles. The van der Waals surface area contributed by atoms with Gasteiger partial charge in [-0.1, -0.05) is 30.8 Å². The molecule has 2 fully saturated rings. The van der Waals surface area contributed by atoms with Gasteiger partial charge >= 0.3 is 6.01 Å². The molecule has 0 unspecified atom stereocenters. The monoisotopic (exact) mass is 592 g/mol. The van der Waals surface area contributed by atoms with Crippen LogP contribution in [0.1, 0.15) is 11.3 Å². The van der Waals surface area contributed by atoms with Gasteiger partial charge < -0.3 is 24.5 Å². The first kappa shape index (κ1) is 28.2. The molecule has 42 heavy (non-hydrogen) atoms. The number of nitrogens with zero attached hydrogens (tertiary/aromatic N) is 6. The number of aromatic hydroxyl groups is 1. The molecule has 0 atom stereocenters. The highest BCUT2D eigenvalue weighted by atomic mass is 32.2. The molecule has 4 heterocycles. The molecule has 11 nitrogen and oxygen atoms in total. The molecule has 2 aromatic carbocycles. The zero-order valence-electron chi connectivity index (χ0n) is 23.6. The number of benzene rings is 2. The third-order valence-corrected chi connectivity index (χ3v) is 9.94. The molecule has 0 radical (unpaired) electrons. The van der Waals surface area contributed by atoms with Gasteiger partial charge in [-0.05, 0) is 23.9 Å². The van der Waals surface area contributed by atoms with Gasteiger partial charge in [0.25, 0.3) is 0 Å². The fourth-order valence-corrected chi connectivity index (χ4v) is 7.24. The van der Waals surface area contributed by atoms with Gasteiger partial charge in [0.15, 0.2) is 9.84 Å². The van der Waals surface area contributed by atoms with Crippen LogP contribution in [0.25, 0.3) is 10.8 Å². The lowest BCUT2D eigenvalue weighted by molar-refractivity contribution is -0.126. The minimum atomic E-state index is -2.94. The molecule has 2 saturated heterocycles. The Bertz CT molecular complexity index is 1590. The molecule has 3 aromatic rings. The lowest BCUT2D eigenvalue weighted by atomic mass is 10.0. The summed E-state index contributed by atoms with van der Waals surface area (Å²) in [4.78, 5) is 30.2. The molecule has 0 spiro atoms. The number of aromatic nitrogens is 2. The molecule has 6 rings (SSSR count). The number of carbonyl (C=O) groups is 1. The number of rotatable bonds is 7. The van der Waals surface area contributed by atoms with Crippen molar-refractivity contribution in [3.63, 3.8) is 0 Å². The van der Waals surface area contributed by atoms with Crippen LogP contribution in [0.2, 0.25) is 0 Å². The Balaban J connectivity index is 1.25. The van der Waals surface area contributed by atoms with Crippen LogP contribution in [0.15, 0.2) is 49.1 Å². The summed E-state index contributed by atoms with van der Waals surface area (Å²) in [5, 5.41) is 12.5. The molecule has 0 bridgehead atoms. The van der Waals surface area contributed by atoms with Crippen LogP contribution < -0.4 is 14.5 Å². The summed E-state index contributed by atoms with van der Waals surface area (Å²) in [5.74, 6) is 1.34. The second-order valence-corrected chi connectivity index (χ2v) is 13.3. The number of fused-ring (bicyclic) bond motifs is 2. The maximum absolute atomic E-state index is 12.2. The number of ether oxygens (including phenoxy) is 1. The second kappa shape index (κ2) is 11.8. The Hall–Kier alpha value is -3.90. The molecular weight excluding hydrogens is 556 g/mol. The topological polar surface area (TPSA) is 119 Å². The second-order valence-electron chi connectivity index (χ2n) is 11.0. The van der Waals surface area contributed by atoms with Gasteiger partial charge in [-0.3, -0.25) is 9.69 Å². The SMILES string of the molecule is C=CC(=O)N1CCN(c2nc(OCCN3CCS(=O)(=O)CC3)nc3c2CCN(c2cc(O)cc4ccccc24)C3)CC1. The Morgan fingerprint density at radius 1 is 1.00 bits per heavy atom. The normalized spacial score (nSPS) is 19.0. The fraction of sp³-hybridized carbons (Fsp3) is 0.433. The lowest BCUT2D eigenvalue weighted by Crippen LogP contribution is -2.49. The molecule has 1 amide bonds. The van der Waals surface area contributed by atoms with Crippen molar-refractivity contribution < 1.29 is 23.1 Å². The van der Waals surface area contributed by atoms with Crippen molar-refractivity contribution in [1.82, 2.24) is 19.8 Å². The quantitative estimate of drug-likeness (QED) is 0.407. The average Bonchev–Trinajstić information content (AvgIpc) is 3.00. The number of anilines is 2. The van der Waals surface area contributed by atoms with Crippen molar-refractivity contribution in [1.29, 1.82) is 0 Å². The van der Waals surface area contributed by atoms with Crippen molar-refractivity contribution in [2.45, 2.75) is 13.0 Å². The van der Waals surface area contributed by atoms with Crippen molar-refractivity contribution in [3.05, 3.63) is 60.3 Å². The highest BCUT2D eigenvalue weighted by molar-refractivity contribution is 7.91. The predicted octanol–water partition coefficient (Wildman–Crippen LogP) is 1.84. The van der Waals surface area contributed by atoms with E-state index in [1.807, 2.05) is 24.3 Å². The van der Waals surface area contributed by atoms with E-state index in [1.54, 1.807) is 11.0 Å². The molecule has 3 aliphatic rings. The van der Waals surface area contributed by atoms with E-state index in [0.29, 0.717) is 65.0 Å². The molecule has 222 valence electrons. The first-order chi connectivity index (χ1) is 20.3. The average molecular weight is 593 g/mol. The highest BCUT2D eigenvalue weighted by Crippen LogP contribution is 2.36. The number of carbonyl (C=O) groups excluding carboxylic acids is 1. The number of phenols is 1. The van der Waals surface area contributed by atoms with E-state index in [4.69, 9.17) is 14.7 Å². The van der Waals surface area contributed by atoms with Crippen LogP contribution >= 0.6 is 0 Å². The van der Waals surface area contributed by atoms with Crippen molar-refractivity contribution >= 4 is 38.0 Å². The third-order valence-electron chi connectivity index (χ3n) is 8.33. The summed E-state index contributed by atoms with van der Waals surface area (Å²) in [6, 6.07) is 11.9. The fourth-order valence-electron chi connectivity index (χ4n) is 5.96. The van der Waals surface area contributed by atoms with E-state index in [0.717, 1.165) is 46.5 Å². The van der Waals surface area contributed by atoms with Gasteiger partial charge in [-0.2, -0.15) is 9.97 Å². The number of amides is 1. The van der Waals surface area contributed by atoms with Crippen molar-refractivity contribution in [3.8, 4) is 11.8 Å². The lowest BCUT2D eigenvalue weighted by Gasteiger charge is -2.38. The third kappa shape index (κ3) is 6.00. The first-order valence-electron chi connectivity index (χ1n) is 14.4. The number of sulfone groups is 1. The van der Waals surface area contributed by atoms with Gasteiger partial charge in [0, 0.05) is 75.1 Å². The van der Waals surface area contributed by atoms with Gasteiger partial charge in [0.2, 0.25) is 5.91 Å². The molecule has 1 N–H and O–H groups in total. The molecule has 3 aliphatic heterocycles. The minimum absolute atomic E-state index is 0.0668. The molecule has 1 aromatic heterocycles. The van der Waals surface area contributed by atoms with Crippen LogP contribution in [0.4, 0.5) is 11.5 Å². The van der Waals surface area contributed by atoms with Gasteiger partial charge in [-0.15, -0.1) is 0 Å². The van der Waals surface area contributed by atoms with E-state index >= 15 is 0 Å². The minimum Gasteiger partial charge on any atom is -0.508 e. The van der Waals surface area contributed by atoms with E-state index in [1.165, 1.54) is 6.08 Å². The Morgan fingerprint density at radius 3 is 2.52 bits per heavy atom. The van der Waals surface area contributed by atoms with Gasteiger partial charge in [0.1, 0.15) is 18.2 Å². The van der Waals surface area contributed by atoms with E-state index in [-0.39, 0.29) is 23.2 Å². The van der Waals surface area contributed by atoms with Crippen LogP contribution in [0, 0.1) is 0 Å². The van der Waals surface area contributed by atoms with E-state index in [2.05, 4.69) is 27.3 Å². The summed E-state index contributed by atoms with van der Waals surface area (Å²) in [7, 11) is -2.94. The predicted molar refractivity (Wildman–Crippen MR) is 162 cm³/mol. The summed E-state index contributed by atoms with van der Waals surface area (Å²) in [6.07, 6.45) is 2.08. The zero-order valence-corrected chi connectivity index (χ0v) is 24.4. The van der Waals surface area contributed by atoms with Gasteiger partial charge in [-0.25, -0.2) is 8.42 Å². The first-order valence-corrected chi connectivity index (χ1v) is 16.2. The molecule has 0 saturated carbocycles. The van der Waals surface area contributed by atoms with Gasteiger partial charge in [0.05, 0.1) is 23.7 Å². The standard InChI is InChI=1S/C30H36N6O5S/c1-2-28(38)34-9-11-35(12-10-34)29-25-7-8-36(27-20-23(37)19-22-5-3-4-6-24(22)27)21-26(25)31-30(32-29)41-16-13-33-14-17-42(39,40)18-15-33/h2-6,19-20,37H,1,7-18,21H2. The summed E-state index contributed by atoms with van der Waals surface area (Å²) >= 11 is 0. The van der Waals surface area contributed by atoms with Crippen molar-refractivity contribution in [2.24, 2.45) is 0 Å². The van der Waals surface area contributed by atoms with Crippen LogP contribution in [-0.4, -0.2) is 110 Å². The Kier molecular flexibility index (Phi) is 7.91. The highest BCUT2D eigenvalue weighted by Gasteiger charge is 2.29. The van der Waals surface area contributed by atoms with Crippen LogP contribution in [-0.2, 0) is 27.6 Å². The maximum Gasteiger partial charge on any atom is 0.318 e. The van der Waals surface area contributed by atoms with Crippen molar-refractivity contribution in [2.75, 3.05) is 80.3 Å². The number of hydrogen-bond acceptors (Lipinski definition) is 10. The largest absolute Gasteiger partial charge is 0.508 e. The number of hydrogen-bond donors (Lipinski definition) is 1. The number of phenolic OH excluding ortho intramolecular Hbond substituents is 1. The Labute approximate surface area is 245 Å². The number of piperazine rings is 1. The summed E-state index contributed by atoms with van der Waals surface area (Å²) in [5.41, 5.74) is 2.91. The van der Waals surface area contributed by atoms with E-state index < -0.39 is 9.84 Å². The van der Waals surface area contributed by atoms with E-state index in [9.17, 15) is 18.3 Å². The zero-order chi connectivity index (χ0) is 29.3. The van der Waals surface area contributed by atoms with Crippen LogP contribution in [0.5, 0.6) is 11.8 Å². The maximum atomic E-state index is 12.2. The summed E-state index contributed by atoms with van der Waals surface area (Å²) in [6.45, 7) is 9.29. The Morgan fingerprint density at radius 2 is 1.76 bits per heavy atom. The van der Waals surface area contributed by atoms with Crippen LogP contribution in [0.3, 0.4) is 0 Å². The molecular formula is C30H36N6O5S. The summed E-state index contributed by atoms with van der Waals surface area (Å²) < 4.78 is 29.7. The smallest absolute Gasteiger partial charge is 0.318 e.